The molecule has 0 unspecified atom stereocenters. The zero-order valence-electron chi connectivity index (χ0n) is 16.6. The monoisotopic (exact) mass is 411 g/mol. The highest BCUT2D eigenvalue weighted by Gasteiger charge is 2.15. The van der Waals surface area contributed by atoms with E-state index < -0.39 is 0 Å². The Morgan fingerprint density at radius 2 is 1.86 bits per heavy atom. The molecule has 2 aromatic carbocycles. The second-order valence-electron chi connectivity index (χ2n) is 6.22. The molecule has 1 heterocycles. The van der Waals surface area contributed by atoms with Gasteiger partial charge in [-0.15, -0.1) is 0 Å². The highest BCUT2D eigenvalue weighted by molar-refractivity contribution is 8.00. The number of thioether (sulfide) groups is 1. The van der Waals surface area contributed by atoms with Crippen LogP contribution in [0.5, 0.6) is 5.75 Å². The van der Waals surface area contributed by atoms with E-state index >= 15 is 0 Å². The molecule has 6 nitrogen and oxygen atoms in total. The molecule has 0 aliphatic carbocycles. The molecule has 7 heteroatoms. The molecule has 0 saturated heterocycles. The Morgan fingerprint density at radius 3 is 2.55 bits per heavy atom. The van der Waals surface area contributed by atoms with Gasteiger partial charge in [0.15, 0.2) is 0 Å². The topological polar surface area (TPSA) is 76.2 Å². The van der Waals surface area contributed by atoms with Gasteiger partial charge in [-0.25, -0.2) is 4.98 Å². The molecule has 0 fully saturated rings. The maximum absolute atomic E-state index is 12.1. The van der Waals surface area contributed by atoms with Crippen LogP contribution in [0.2, 0.25) is 0 Å². The summed E-state index contributed by atoms with van der Waals surface area (Å²) in [6.45, 7) is 3.59. The number of hydrogen-bond acceptors (Lipinski definition) is 5. The molecule has 0 bridgehead atoms. The van der Waals surface area contributed by atoms with E-state index in [-0.39, 0.29) is 11.7 Å². The van der Waals surface area contributed by atoms with E-state index in [0.29, 0.717) is 19.8 Å². The Kier molecular flexibility index (Phi) is 7.72. The van der Waals surface area contributed by atoms with Crippen LogP contribution in [-0.4, -0.2) is 48.5 Å². The van der Waals surface area contributed by atoms with Crippen molar-refractivity contribution in [3.8, 4) is 28.4 Å². The van der Waals surface area contributed by atoms with Gasteiger partial charge in [0.05, 0.1) is 24.7 Å². The van der Waals surface area contributed by atoms with Crippen LogP contribution in [0.15, 0.2) is 59.6 Å². The average molecular weight is 412 g/mol. The summed E-state index contributed by atoms with van der Waals surface area (Å²) >= 11 is 1.41. The average Bonchev–Trinajstić information content (AvgIpc) is 3.18. The second kappa shape index (κ2) is 10.7. The maximum Gasteiger partial charge on any atom is 0.230 e. The Bertz CT molecular complexity index is 911. The molecule has 0 saturated carbocycles. The standard InChI is InChI=1S/C22H25N3O3S/c1-3-28-18-11-9-17(10-12-18)21-24-20(16-7-5-4-6-8-16)22(25-21)29-15-19(26)23-13-14-27-2/h4-12H,3,13-15H2,1-2H3,(H,23,26)(H,24,25). The number of rotatable bonds is 10. The van der Waals surface area contributed by atoms with Crippen molar-refractivity contribution in [1.82, 2.24) is 15.3 Å². The molecule has 29 heavy (non-hydrogen) atoms. The van der Waals surface area contributed by atoms with Gasteiger partial charge < -0.3 is 19.8 Å². The molecule has 0 radical (unpaired) electrons. The van der Waals surface area contributed by atoms with E-state index in [1.165, 1.54) is 11.8 Å². The number of carbonyl (C=O) groups is 1. The Labute approximate surface area is 175 Å². The summed E-state index contributed by atoms with van der Waals surface area (Å²) in [5.74, 6) is 1.83. The number of imidazole rings is 1. The number of aromatic amines is 1. The predicted molar refractivity (Wildman–Crippen MR) is 116 cm³/mol. The van der Waals surface area contributed by atoms with Gasteiger partial charge in [-0.2, -0.15) is 0 Å². The molecule has 0 atom stereocenters. The lowest BCUT2D eigenvalue weighted by Crippen LogP contribution is -2.28. The van der Waals surface area contributed by atoms with Crippen LogP contribution in [-0.2, 0) is 9.53 Å². The zero-order valence-corrected chi connectivity index (χ0v) is 17.4. The molecule has 0 aliphatic rings. The smallest absolute Gasteiger partial charge is 0.230 e. The fourth-order valence-corrected chi connectivity index (χ4v) is 3.59. The van der Waals surface area contributed by atoms with Gasteiger partial charge in [-0.3, -0.25) is 4.79 Å². The number of H-pyrrole nitrogens is 1. The third kappa shape index (κ3) is 5.85. The minimum absolute atomic E-state index is 0.0447. The van der Waals surface area contributed by atoms with Crippen LogP contribution in [0.1, 0.15) is 6.92 Å². The molecule has 3 rings (SSSR count). The van der Waals surface area contributed by atoms with Crippen molar-refractivity contribution in [1.29, 1.82) is 0 Å². The lowest BCUT2D eigenvalue weighted by molar-refractivity contribution is -0.118. The van der Waals surface area contributed by atoms with Crippen LogP contribution in [0.3, 0.4) is 0 Å². The molecule has 3 aromatic rings. The molecule has 1 amide bonds. The summed E-state index contributed by atoms with van der Waals surface area (Å²) in [5, 5.41) is 3.63. The quantitative estimate of drug-likeness (QED) is 0.390. The van der Waals surface area contributed by atoms with Crippen molar-refractivity contribution in [3.63, 3.8) is 0 Å². The third-order valence-corrected chi connectivity index (χ3v) is 5.12. The van der Waals surface area contributed by atoms with Gasteiger partial charge in [0.2, 0.25) is 5.91 Å². The van der Waals surface area contributed by atoms with Crippen molar-refractivity contribution in [2.24, 2.45) is 0 Å². The number of nitrogens with one attached hydrogen (secondary N) is 2. The maximum atomic E-state index is 12.1. The number of carbonyl (C=O) groups excluding carboxylic acids is 1. The van der Waals surface area contributed by atoms with Gasteiger partial charge in [0.1, 0.15) is 16.6 Å². The fourth-order valence-electron chi connectivity index (χ4n) is 2.75. The van der Waals surface area contributed by atoms with Crippen LogP contribution in [0.25, 0.3) is 22.6 Å². The van der Waals surface area contributed by atoms with Crippen molar-refractivity contribution < 1.29 is 14.3 Å². The predicted octanol–water partition coefficient (Wildman–Crippen LogP) is 4.00. The van der Waals surface area contributed by atoms with E-state index in [2.05, 4.69) is 10.3 Å². The largest absolute Gasteiger partial charge is 0.494 e. The van der Waals surface area contributed by atoms with E-state index in [1.54, 1.807) is 7.11 Å². The summed E-state index contributed by atoms with van der Waals surface area (Å²) in [6, 6.07) is 17.8. The van der Waals surface area contributed by atoms with Crippen molar-refractivity contribution in [2.75, 3.05) is 32.6 Å². The van der Waals surface area contributed by atoms with Gasteiger partial charge in [-0.1, -0.05) is 42.1 Å². The molecular weight excluding hydrogens is 386 g/mol. The second-order valence-corrected chi connectivity index (χ2v) is 7.18. The SMILES string of the molecule is CCOc1ccc(-c2nc(SCC(=O)NCCOC)c(-c3ccccc3)[nH]2)cc1. The number of hydrogen-bond donors (Lipinski definition) is 2. The Balaban J connectivity index is 1.81. The minimum atomic E-state index is -0.0447. The number of ether oxygens (including phenoxy) is 2. The van der Waals surface area contributed by atoms with Crippen molar-refractivity contribution in [2.45, 2.75) is 11.9 Å². The van der Waals surface area contributed by atoms with Crippen LogP contribution < -0.4 is 10.1 Å². The summed E-state index contributed by atoms with van der Waals surface area (Å²) in [7, 11) is 1.61. The van der Waals surface area contributed by atoms with Crippen molar-refractivity contribution >= 4 is 17.7 Å². The molecule has 152 valence electrons. The summed E-state index contributed by atoms with van der Waals surface area (Å²) < 4.78 is 10.5. The lowest BCUT2D eigenvalue weighted by Gasteiger charge is -2.04. The van der Waals surface area contributed by atoms with Crippen LogP contribution >= 0.6 is 11.8 Å². The fraction of sp³-hybridized carbons (Fsp3) is 0.273. The van der Waals surface area contributed by atoms with Gasteiger partial charge in [0.25, 0.3) is 0 Å². The van der Waals surface area contributed by atoms with E-state index in [1.807, 2.05) is 61.5 Å². The number of aromatic nitrogens is 2. The van der Waals surface area contributed by atoms with E-state index in [0.717, 1.165) is 33.4 Å². The first-order valence-corrected chi connectivity index (χ1v) is 10.5. The van der Waals surface area contributed by atoms with Gasteiger partial charge >= 0.3 is 0 Å². The first kappa shape index (κ1) is 21.0. The summed E-state index contributed by atoms with van der Waals surface area (Å²) in [6.07, 6.45) is 0. The molecular formula is C22H25N3O3S. The van der Waals surface area contributed by atoms with Gasteiger partial charge in [0, 0.05) is 24.8 Å². The highest BCUT2D eigenvalue weighted by Crippen LogP contribution is 2.32. The number of methoxy groups -OCH3 is 1. The Hall–Kier alpha value is -2.77. The number of benzene rings is 2. The minimum Gasteiger partial charge on any atom is -0.494 e. The third-order valence-electron chi connectivity index (χ3n) is 4.14. The van der Waals surface area contributed by atoms with Crippen LogP contribution in [0.4, 0.5) is 0 Å². The zero-order chi connectivity index (χ0) is 20.5. The Morgan fingerprint density at radius 1 is 1.10 bits per heavy atom. The van der Waals surface area contributed by atoms with E-state index in [9.17, 15) is 4.79 Å². The molecule has 0 aliphatic heterocycles. The normalized spacial score (nSPS) is 10.7. The molecule has 1 aromatic heterocycles. The van der Waals surface area contributed by atoms with Crippen LogP contribution in [0, 0.1) is 0 Å². The first-order valence-electron chi connectivity index (χ1n) is 9.48. The molecule has 0 spiro atoms. The van der Waals surface area contributed by atoms with Gasteiger partial charge in [-0.05, 0) is 31.2 Å². The first-order chi connectivity index (χ1) is 14.2. The summed E-state index contributed by atoms with van der Waals surface area (Å²) in [4.78, 5) is 20.3. The lowest BCUT2D eigenvalue weighted by atomic mass is 10.2. The van der Waals surface area contributed by atoms with E-state index in [4.69, 9.17) is 14.5 Å². The highest BCUT2D eigenvalue weighted by atomic mass is 32.2. The number of amides is 1. The van der Waals surface area contributed by atoms with Crippen molar-refractivity contribution in [3.05, 3.63) is 54.6 Å². The molecule has 2 N–H and O–H groups in total. The number of nitrogens with zero attached hydrogens (tertiary/aromatic N) is 1. The summed E-state index contributed by atoms with van der Waals surface area (Å²) in [5.41, 5.74) is 2.89.